The van der Waals surface area contributed by atoms with E-state index in [4.69, 9.17) is 15.3 Å². The monoisotopic (exact) mass is 498 g/mol. The smallest absolute Gasteiger partial charge is 0.411 e. The number of methoxy groups -OCH3 is 1. The van der Waals surface area contributed by atoms with Crippen molar-refractivity contribution in [1.29, 1.82) is 0 Å². The van der Waals surface area contributed by atoms with Crippen LogP contribution in [0.3, 0.4) is 0 Å². The number of carbonyl (C=O) groups excluding carboxylic acids is 1. The number of carboxylic acids is 1. The van der Waals surface area contributed by atoms with Crippen LogP contribution in [0.2, 0.25) is 0 Å². The van der Waals surface area contributed by atoms with Crippen LogP contribution in [0.4, 0.5) is 13.2 Å². The maximum atomic E-state index is 12.9. The molecule has 2 aromatic rings. The second kappa shape index (κ2) is 12.4. The quantitative estimate of drug-likeness (QED) is 0.260. The average molecular weight is 498 g/mol. The van der Waals surface area contributed by atoms with Gasteiger partial charge in [-0.05, 0) is 48.7 Å². The highest BCUT2D eigenvalue weighted by Gasteiger charge is 2.31. The number of benzene rings is 2. The number of ether oxygens (including phenoxy) is 3. The van der Waals surface area contributed by atoms with Crippen molar-refractivity contribution < 1.29 is 42.1 Å². The maximum Gasteiger partial charge on any atom is 0.411 e. The van der Waals surface area contributed by atoms with E-state index in [1.165, 1.54) is 25.3 Å². The Kier molecular flexibility index (Phi) is 9.90. The van der Waals surface area contributed by atoms with Crippen molar-refractivity contribution >= 4 is 11.9 Å². The van der Waals surface area contributed by atoms with Gasteiger partial charge in [0.25, 0.3) is 5.91 Å². The second-order valence-corrected chi connectivity index (χ2v) is 7.86. The summed E-state index contributed by atoms with van der Waals surface area (Å²) >= 11 is 0. The number of halogens is 3. The van der Waals surface area contributed by atoms with Gasteiger partial charge in [-0.3, -0.25) is 9.80 Å². The standard InChI is InChI=1S/C24H29F3N2O6/c1-4-9-34-18-6-7-19(15(2)10-18)22(30)29(28)13-17-11-16(5-8-20(17)33-3)12-21(23(31)32)35-14-24(25,26)27/h5-8,10-11,21H,4,9,12-14,28H2,1-3H3,(H,31,32). The fourth-order valence-corrected chi connectivity index (χ4v) is 3.30. The lowest BCUT2D eigenvalue weighted by Gasteiger charge is -2.21. The molecule has 0 aliphatic carbocycles. The molecule has 8 nitrogen and oxygen atoms in total. The van der Waals surface area contributed by atoms with E-state index >= 15 is 0 Å². The van der Waals surface area contributed by atoms with Crippen LogP contribution < -0.4 is 15.3 Å². The van der Waals surface area contributed by atoms with E-state index in [0.29, 0.717) is 40.4 Å². The van der Waals surface area contributed by atoms with Crippen molar-refractivity contribution in [2.24, 2.45) is 5.84 Å². The number of hydrogen-bond acceptors (Lipinski definition) is 6. The lowest BCUT2D eigenvalue weighted by Crippen LogP contribution is -2.37. The molecule has 1 amide bonds. The van der Waals surface area contributed by atoms with Crippen LogP contribution in [0, 0.1) is 6.92 Å². The summed E-state index contributed by atoms with van der Waals surface area (Å²) in [4.78, 5) is 24.3. The lowest BCUT2D eigenvalue weighted by molar-refractivity contribution is -0.192. The van der Waals surface area contributed by atoms with Gasteiger partial charge in [0.15, 0.2) is 6.10 Å². The third-order valence-corrected chi connectivity index (χ3v) is 4.99. The maximum absolute atomic E-state index is 12.9. The number of nitrogens with zero attached hydrogens (tertiary/aromatic N) is 1. The summed E-state index contributed by atoms with van der Waals surface area (Å²) in [7, 11) is 1.41. The number of aliphatic carboxylic acids is 1. The van der Waals surface area contributed by atoms with Crippen molar-refractivity contribution in [3.63, 3.8) is 0 Å². The first kappa shape index (κ1) is 27.9. The number of hydrogen-bond donors (Lipinski definition) is 2. The lowest BCUT2D eigenvalue weighted by atomic mass is 10.0. The summed E-state index contributed by atoms with van der Waals surface area (Å²) in [6.45, 7) is 2.52. The van der Waals surface area contributed by atoms with Gasteiger partial charge in [-0.1, -0.05) is 19.1 Å². The fraction of sp³-hybridized carbons (Fsp3) is 0.417. The van der Waals surface area contributed by atoms with Gasteiger partial charge in [0.05, 0.1) is 20.3 Å². The van der Waals surface area contributed by atoms with Gasteiger partial charge >= 0.3 is 12.1 Å². The number of nitrogens with two attached hydrogens (primary N) is 1. The predicted octanol–water partition coefficient (Wildman–Crippen LogP) is 3.88. The molecule has 3 N–H and O–H groups in total. The molecule has 1 unspecified atom stereocenters. The SMILES string of the molecule is CCCOc1ccc(C(=O)N(N)Cc2cc(CC(OCC(F)(F)F)C(=O)O)ccc2OC)c(C)c1. The Morgan fingerprint density at radius 2 is 1.89 bits per heavy atom. The van der Waals surface area contributed by atoms with Gasteiger partial charge in [-0.25, -0.2) is 10.6 Å². The van der Waals surface area contributed by atoms with Gasteiger partial charge in [0, 0.05) is 17.5 Å². The number of hydrazine groups is 1. The highest BCUT2D eigenvalue weighted by Crippen LogP contribution is 2.25. The first-order valence-corrected chi connectivity index (χ1v) is 10.8. The fourth-order valence-electron chi connectivity index (χ4n) is 3.30. The van der Waals surface area contributed by atoms with Gasteiger partial charge < -0.3 is 19.3 Å². The van der Waals surface area contributed by atoms with Crippen LogP contribution in [0.1, 0.15) is 40.4 Å². The second-order valence-electron chi connectivity index (χ2n) is 7.86. The van der Waals surface area contributed by atoms with E-state index in [1.54, 1.807) is 25.1 Å². The Bertz CT molecular complexity index is 1030. The van der Waals surface area contributed by atoms with Crippen LogP contribution in [-0.2, 0) is 22.5 Å². The number of alkyl halides is 3. The number of rotatable bonds is 12. The molecule has 2 aromatic carbocycles. The van der Waals surface area contributed by atoms with Crippen molar-refractivity contribution in [2.45, 2.75) is 45.5 Å². The van der Waals surface area contributed by atoms with E-state index in [0.717, 1.165) is 11.4 Å². The van der Waals surface area contributed by atoms with E-state index in [1.807, 2.05) is 6.92 Å². The molecule has 1 atom stereocenters. The predicted molar refractivity (Wildman–Crippen MR) is 121 cm³/mol. The van der Waals surface area contributed by atoms with Crippen molar-refractivity contribution in [3.05, 3.63) is 58.7 Å². The molecule has 0 saturated carbocycles. The molecule has 0 aliphatic heterocycles. The normalized spacial score (nSPS) is 12.2. The molecule has 0 aromatic heterocycles. The molecule has 0 radical (unpaired) electrons. The Morgan fingerprint density at radius 1 is 1.17 bits per heavy atom. The molecule has 0 bridgehead atoms. The molecule has 2 rings (SSSR count). The van der Waals surface area contributed by atoms with Crippen LogP contribution in [-0.4, -0.2) is 54.6 Å². The van der Waals surface area contributed by atoms with Crippen LogP contribution in [0.15, 0.2) is 36.4 Å². The highest BCUT2D eigenvalue weighted by molar-refractivity contribution is 5.95. The highest BCUT2D eigenvalue weighted by atomic mass is 19.4. The minimum Gasteiger partial charge on any atom is -0.496 e. The van der Waals surface area contributed by atoms with Gasteiger partial charge in [-0.2, -0.15) is 13.2 Å². The zero-order chi connectivity index (χ0) is 26.2. The third kappa shape index (κ3) is 8.45. The van der Waals surface area contributed by atoms with Gasteiger partial charge in [0.1, 0.15) is 18.1 Å². The Morgan fingerprint density at radius 3 is 2.46 bits per heavy atom. The molecule has 0 fully saturated rings. The number of carboxylic acid groups (broad SMARTS) is 1. The van der Waals surface area contributed by atoms with Crippen LogP contribution >= 0.6 is 0 Å². The van der Waals surface area contributed by atoms with Crippen molar-refractivity contribution in [1.82, 2.24) is 5.01 Å². The molecule has 0 saturated heterocycles. The number of aryl methyl sites for hydroxylation is 1. The van der Waals surface area contributed by atoms with Crippen LogP contribution in [0.25, 0.3) is 0 Å². The van der Waals surface area contributed by atoms with E-state index in [-0.39, 0.29) is 13.0 Å². The Hall–Kier alpha value is -3.31. The van der Waals surface area contributed by atoms with E-state index < -0.39 is 30.8 Å². The summed E-state index contributed by atoms with van der Waals surface area (Å²) in [5.74, 6) is 5.07. The minimum absolute atomic E-state index is 0.0927. The summed E-state index contributed by atoms with van der Waals surface area (Å²) in [6, 6.07) is 9.59. The summed E-state index contributed by atoms with van der Waals surface area (Å²) in [5, 5.41) is 10.2. The van der Waals surface area contributed by atoms with E-state index in [9.17, 15) is 27.9 Å². The number of amides is 1. The molecule has 0 spiro atoms. The minimum atomic E-state index is -4.66. The first-order chi connectivity index (χ1) is 16.4. The average Bonchev–Trinajstić information content (AvgIpc) is 2.79. The summed E-state index contributed by atoms with van der Waals surface area (Å²) in [6.07, 6.45) is -5.83. The summed E-state index contributed by atoms with van der Waals surface area (Å²) < 4.78 is 52.8. The van der Waals surface area contributed by atoms with E-state index in [2.05, 4.69) is 4.74 Å². The van der Waals surface area contributed by atoms with Gasteiger partial charge in [0.2, 0.25) is 0 Å². The van der Waals surface area contributed by atoms with Gasteiger partial charge in [-0.15, -0.1) is 0 Å². The van der Waals surface area contributed by atoms with Crippen molar-refractivity contribution in [3.8, 4) is 11.5 Å². The molecular weight excluding hydrogens is 469 g/mol. The summed E-state index contributed by atoms with van der Waals surface area (Å²) in [5.41, 5.74) is 1.87. The molecule has 0 aliphatic rings. The van der Waals surface area contributed by atoms with Crippen molar-refractivity contribution in [2.75, 3.05) is 20.3 Å². The number of carbonyl (C=O) groups is 2. The Balaban J connectivity index is 2.18. The third-order valence-electron chi connectivity index (χ3n) is 4.99. The first-order valence-electron chi connectivity index (χ1n) is 10.8. The largest absolute Gasteiger partial charge is 0.496 e. The Labute approximate surface area is 201 Å². The molecule has 0 heterocycles. The topological polar surface area (TPSA) is 111 Å². The molecule has 192 valence electrons. The molecule has 11 heteroatoms. The molecule has 35 heavy (non-hydrogen) atoms. The zero-order valence-electron chi connectivity index (χ0n) is 19.7. The van der Waals surface area contributed by atoms with Crippen LogP contribution in [0.5, 0.6) is 11.5 Å². The zero-order valence-corrected chi connectivity index (χ0v) is 19.7. The molecular formula is C24H29F3N2O6.